The van der Waals surface area contributed by atoms with Crippen molar-refractivity contribution in [3.63, 3.8) is 0 Å². The molecule has 0 nitrogen and oxygen atoms in total. The van der Waals surface area contributed by atoms with E-state index in [2.05, 4.69) is 50.0 Å². The summed E-state index contributed by atoms with van der Waals surface area (Å²) in [6.45, 7) is 10.3. The van der Waals surface area contributed by atoms with E-state index in [1.54, 1.807) is 19.1 Å². The lowest BCUT2D eigenvalue weighted by atomic mass is 9.96. The fraction of sp³-hybridized carbons (Fsp3) is 0.440. The fourth-order valence-electron chi connectivity index (χ4n) is 3.09. The molecule has 1 heteroatoms. The summed E-state index contributed by atoms with van der Waals surface area (Å²) in [7, 11) is 0. The first-order valence-electron chi connectivity index (χ1n) is 9.95. The Kier molecular flexibility index (Phi) is 10.4. The molecule has 0 spiro atoms. The molecule has 26 heavy (non-hydrogen) atoms. The van der Waals surface area contributed by atoms with Crippen LogP contribution < -0.4 is 0 Å². The van der Waals surface area contributed by atoms with Crippen LogP contribution in [0.1, 0.15) is 71.4 Å². The van der Waals surface area contributed by atoms with Gasteiger partial charge in [-0.05, 0) is 54.5 Å². The average molecular weight is 353 g/mol. The van der Waals surface area contributed by atoms with Gasteiger partial charge in [-0.25, -0.2) is 4.39 Å². The van der Waals surface area contributed by atoms with Gasteiger partial charge < -0.3 is 0 Å². The van der Waals surface area contributed by atoms with E-state index < -0.39 is 0 Å². The normalized spacial score (nSPS) is 11.0. The van der Waals surface area contributed by atoms with E-state index in [0.717, 1.165) is 23.5 Å². The summed E-state index contributed by atoms with van der Waals surface area (Å²) in [6.07, 6.45) is 6.24. The van der Waals surface area contributed by atoms with Crippen LogP contribution in [0.4, 0.5) is 4.39 Å². The standard InChI is InChI=1S/C23H27F.C2H6/c1-4-7-18(3)9-6-10-19-11-13-20(14-12-19)22-16-15-21(8-5-2)23(24)17-22;1-2/h11-18H,4,6-7,9-10H2,1-3H3;1-2H3. The molecule has 0 N–H and O–H groups in total. The highest BCUT2D eigenvalue weighted by atomic mass is 19.1. The predicted molar refractivity (Wildman–Crippen MR) is 113 cm³/mol. The lowest BCUT2D eigenvalue weighted by Gasteiger charge is -2.10. The quantitative estimate of drug-likeness (QED) is 0.449. The van der Waals surface area contributed by atoms with Gasteiger partial charge >= 0.3 is 0 Å². The van der Waals surface area contributed by atoms with Gasteiger partial charge in [-0.2, -0.15) is 0 Å². The Bertz CT molecular complexity index is 701. The summed E-state index contributed by atoms with van der Waals surface area (Å²) >= 11 is 0. The third kappa shape index (κ3) is 7.04. The third-order valence-corrected chi connectivity index (χ3v) is 4.46. The van der Waals surface area contributed by atoms with Crippen LogP contribution in [0.3, 0.4) is 0 Å². The molecule has 0 fully saturated rings. The monoisotopic (exact) mass is 352 g/mol. The Morgan fingerprint density at radius 3 is 2.19 bits per heavy atom. The van der Waals surface area contributed by atoms with Gasteiger partial charge in [0.2, 0.25) is 0 Å². The molecule has 0 aliphatic rings. The SMILES string of the molecule is CC.CC#Cc1ccc(-c2ccc(CCCC(C)CCC)cc2)cc1F. The molecule has 0 amide bonds. The lowest BCUT2D eigenvalue weighted by molar-refractivity contribution is 0.469. The van der Waals surface area contributed by atoms with Gasteiger partial charge in [0.15, 0.2) is 0 Å². The summed E-state index contributed by atoms with van der Waals surface area (Å²) in [5.41, 5.74) is 3.76. The van der Waals surface area contributed by atoms with Crippen LogP contribution in [0.2, 0.25) is 0 Å². The van der Waals surface area contributed by atoms with Crippen molar-refractivity contribution in [2.24, 2.45) is 5.92 Å². The minimum Gasteiger partial charge on any atom is -0.206 e. The highest BCUT2D eigenvalue weighted by molar-refractivity contribution is 5.65. The molecule has 0 heterocycles. The second-order valence-corrected chi connectivity index (χ2v) is 6.55. The molecule has 0 aliphatic carbocycles. The van der Waals surface area contributed by atoms with Crippen molar-refractivity contribution in [3.8, 4) is 23.0 Å². The number of halogens is 1. The maximum Gasteiger partial charge on any atom is 0.139 e. The van der Waals surface area contributed by atoms with E-state index in [-0.39, 0.29) is 5.82 Å². The largest absolute Gasteiger partial charge is 0.206 e. The molecule has 1 unspecified atom stereocenters. The van der Waals surface area contributed by atoms with Crippen LogP contribution in [0.25, 0.3) is 11.1 Å². The van der Waals surface area contributed by atoms with Gasteiger partial charge in [0.1, 0.15) is 5.82 Å². The molecule has 2 rings (SSSR count). The van der Waals surface area contributed by atoms with E-state index in [0.29, 0.717) is 5.56 Å². The third-order valence-electron chi connectivity index (χ3n) is 4.46. The van der Waals surface area contributed by atoms with Crippen LogP contribution in [0.5, 0.6) is 0 Å². The van der Waals surface area contributed by atoms with Gasteiger partial charge in [0, 0.05) is 0 Å². The molecular formula is C25H33F. The van der Waals surface area contributed by atoms with Crippen molar-refractivity contribution in [3.05, 3.63) is 59.4 Å². The van der Waals surface area contributed by atoms with Crippen molar-refractivity contribution >= 4 is 0 Å². The first-order chi connectivity index (χ1) is 12.6. The summed E-state index contributed by atoms with van der Waals surface area (Å²) in [6, 6.07) is 13.8. The highest BCUT2D eigenvalue weighted by Crippen LogP contribution is 2.23. The van der Waals surface area contributed by atoms with Crippen molar-refractivity contribution in [2.75, 3.05) is 0 Å². The zero-order chi connectivity index (χ0) is 19.4. The molecule has 0 saturated carbocycles. The molecule has 0 radical (unpaired) electrons. The fourth-order valence-corrected chi connectivity index (χ4v) is 3.09. The van der Waals surface area contributed by atoms with Gasteiger partial charge in [0.05, 0.1) is 5.56 Å². The molecule has 0 bridgehead atoms. The van der Waals surface area contributed by atoms with E-state index in [9.17, 15) is 4.39 Å². The Morgan fingerprint density at radius 2 is 1.62 bits per heavy atom. The number of rotatable bonds is 7. The van der Waals surface area contributed by atoms with Crippen LogP contribution in [-0.4, -0.2) is 0 Å². The smallest absolute Gasteiger partial charge is 0.139 e. The summed E-state index contributed by atoms with van der Waals surface area (Å²) in [5.74, 6) is 6.08. The molecular weight excluding hydrogens is 319 g/mol. The second kappa shape index (κ2) is 12.3. The zero-order valence-corrected chi connectivity index (χ0v) is 17.0. The first-order valence-corrected chi connectivity index (χ1v) is 9.95. The van der Waals surface area contributed by atoms with Gasteiger partial charge in [-0.1, -0.05) is 83.2 Å². The number of benzene rings is 2. The van der Waals surface area contributed by atoms with Crippen LogP contribution in [-0.2, 0) is 6.42 Å². The average Bonchev–Trinajstić information content (AvgIpc) is 2.66. The summed E-state index contributed by atoms with van der Waals surface area (Å²) < 4.78 is 14.0. The number of hydrogen-bond donors (Lipinski definition) is 0. The van der Waals surface area contributed by atoms with Crippen LogP contribution in [0, 0.1) is 23.6 Å². The topological polar surface area (TPSA) is 0 Å². The lowest BCUT2D eigenvalue weighted by Crippen LogP contribution is -1.95. The Morgan fingerprint density at radius 1 is 0.962 bits per heavy atom. The Hall–Kier alpha value is -2.07. The van der Waals surface area contributed by atoms with Gasteiger partial charge in [0.25, 0.3) is 0 Å². The Labute approximate surface area is 159 Å². The molecule has 2 aromatic rings. The highest BCUT2D eigenvalue weighted by Gasteiger charge is 2.05. The van der Waals surface area contributed by atoms with Crippen molar-refractivity contribution in [1.82, 2.24) is 0 Å². The predicted octanol–water partition coefficient (Wildman–Crippen LogP) is 7.65. The summed E-state index contributed by atoms with van der Waals surface area (Å²) in [4.78, 5) is 0. The van der Waals surface area contributed by atoms with E-state index in [1.807, 2.05) is 19.9 Å². The van der Waals surface area contributed by atoms with Gasteiger partial charge in [-0.3, -0.25) is 0 Å². The molecule has 0 aliphatic heterocycles. The molecule has 1 atom stereocenters. The summed E-state index contributed by atoms with van der Waals surface area (Å²) in [5, 5.41) is 0. The maximum absolute atomic E-state index is 14.0. The molecule has 140 valence electrons. The zero-order valence-electron chi connectivity index (χ0n) is 17.0. The minimum atomic E-state index is -0.254. The minimum absolute atomic E-state index is 0.254. The van der Waals surface area contributed by atoms with Crippen molar-refractivity contribution < 1.29 is 4.39 Å². The van der Waals surface area contributed by atoms with E-state index in [4.69, 9.17) is 0 Å². The molecule has 2 aromatic carbocycles. The second-order valence-electron chi connectivity index (χ2n) is 6.55. The number of aryl methyl sites for hydroxylation is 1. The van der Waals surface area contributed by atoms with Gasteiger partial charge in [-0.15, -0.1) is 5.92 Å². The van der Waals surface area contributed by atoms with Crippen molar-refractivity contribution in [1.29, 1.82) is 0 Å². The molecule has 0 saturated heterocycles. The maximum atomic E-state index is 14.0. The van der Waals surface area contributed by atoms with Crippen LogP contribution in [0.15, 0.2) is 42.5 Å². The molecule has 0 aromatic heterocycles. The van der Waals surface area contributed by atoms with E-state index >= 15 is 0 Å². The number of hydrogen-bond acceptors (Lipinski definition) is 0. The van der Waals surface area contributed by atoms with E-state index in [1.165, 1.54) is 31.2 Å². The van der Waals surface area contributed by atoms with Crippen LogP contribution >= 0.6 is 0 Å². The first kappa shape index (κ1) is 22.0. The Balaban J connectivity index is 0.00000163. The van der Waals surface area contributed by atoms with Crippen molar-refractivity contribution in [2.45, 2.75) is 66.7 Å².